The molecule has 7 heteroatoms. The van der Waals surface area contributed by atoms with Crippen molar-refractivity contribution < 1.29 is 18.5 Å². The minimum atomic E-state index is -2.58. The van der Waals surface area contributed by atoms with Gasteiger partial charge in [0.05, 0.1) is 15.8 Å². The van der Waals surface area contributed by atoms with E-state index in [0.29, 0.717) is 51.3 Å². The Bertz CT molecular complexity index is 717. The highest BCUT2D eigenvalue weighted by Gasteiger charge is 2.30. The van der Waals surface area contributed by atoms with Crippen LogP contribution >= 0.6 is 0 Å². The lowest BCUT2D eigenvalue weighted by atomic mass is 9.88. The number of carbonyl (C=O) groups excluding carboxylic acids is 2. The van der Waals surface area contributed by atoms with Crippen molar-refractivity contribution in [1.29, 1.82) is 0 Å². The molecular formula is C23H40N2O4S. The Labute approximate surface area is 182 Å². The first-order chi connectivity index (χ1) is 14.2. The first-order valence-electron chi connectivity index (χ1n) is 11.9. The quantitative estimate of drug-likeness (QED) is 0.571. The third-order valence-electron chi connectivity index (χ3n) is 7.03. The molecule has 172 valence electrons. The molecule has 2 aliphatic heterocycles. The molecule has 0 N–H and O–H groups in total. The number of piperidine rings is 1. The van der Waals surface area contributed by atoms with E-state index in [2.05, 4.69) is 18.2 Å². The fourth-order valence-electron chi connectivity index (χ4n) is 4.76. The molecule has 0 aromatic rings. The maximum absolute atomic E-state index is 13.2. The van der Waals surface area contributed by atoms with Gasteiger partial charge in [0.25, 0.3) is 5.91 Å². The second-order valence-electron chi connectivity index (χ2n) is 10.0. The van der Waals surface area contributed by atoms with Crippen LogP contribution in [0.15, 0.2) is 4.36 Å². The Morgan fingerprint density at radius 3 is 2.43 bits per heavy atom. The predicted molar refractivity (Wildman–Crippen MR) is 120 cm³/mol. The molecule has 0 spiro atoms. The summed E-state index contributed by atoms with van der Waals surface area (Å²) in [5, 5.41) is -0.102. The Kier molecular flexibility index (Phi) is 8.36. The van der Waals surface area contributed by atoms with Crippen LogP contribution in [0.3, 0.4) is 0 Å². The molecule has 2 saturated heterocycles. The molecule has 0 aromatic heterocycles. The van der Waals surface area contributed by atoms with Crippen molar-refractivity contribution in [2.24, 2.45) is 22.1 Å². The lowest BCUT2D eigenvalue weighted by Crippen LogP contribution is -2.42. The normalized spacial score (nSPS) is 27.7. The lowest BCUT2D eigenvalue weighted by molar-refractivity contribution is -0.132. The zero-order chi connectivity index (χ0) is 21.7. The Balaban J connectivity index is 1.45. The summed E-state index contributed by atoms with van der Waals surface area (Å²) in [7, 11) is -2.58. The summed E-state index contributed by atoms with van der Waals surface area (Å²) < 4.78 is 23.2. The van der Waals surface area contributed by atoms with Gasteiger partial charge in [-0.05, 0) is 56.3 Å². The average Bonchev–Trinajstić information content (AvgIpc) is 3.52. The number of amides is 2. The molecule has 3 rings (SSSR count). The van der Waals surface area contributed by atoms with Gasteiger partial charge in [-0.1, -0.05) is 26.7 Å². The van der Waals surface area contributed by atoms with Crippen molar-refractivity contribution in [2.45, 2.75) is 89.4 Å². The van der Waals surface area contributed by atoms with Crippen LogP contribution in [0.1, 0.15) is 78.1 Å². The molecule has 0 radical (unpaired) electrons. The number of rotatable bonds is 8. The standard InChI is InChI=1S/C23H40N2O4S/c1-17(2)21-15-19(11-14-29-21)16-22(26)24-30(3,28)20-9-12-25(13-10-20)23(27)6-4-5-18-7-8-18/h17-21H,4-16H2,1-3H3. The summed E-state index contributed by atoms with van der Waals surface area (Å²) in [6.45, 7) is 6.25. The molecule has 6 nitrogen and oxygen atoms in total. The van der Waals surface area contributed by atoms with Crippen molar-refractivity contribution in [3.8, 4) is 0 Å². The SMILES string of the molecule is CC(C)C1CC(CC(=O)N=S(C)(=O)C2CCN(C(=O)CCCC3CC3)CC2)CCO1. The molecule has 3 atom stereocenters. The molecule has 2 amide bonds. The highest BCUT2D eigenvalue weighted by Crippen LogP contribution is 2.34. The van der Waals surface area contributed by atoms with Crippen molar-refractivity contribution in [3.63, 3.8) is 0 Å². The van der Waals surface area contributed by atoms with Gasteiger partial charge in [-0.15, -0.1) is 0 Å². The monoisotopic (exact) mass is 440 g/mol. The van der Waals surface area contributed by atoms with E-state index in [0.717, 1.165) is 25.2 Å². The van der Waals surface area contributed by atoms with Gasteiger partial charge < -0.3 is 9.64 Å². The number of hydrogen-bond donors (Lipinski definition) is 0. The first-order valence-corrected chi connectivity index (χ1v) is 13.9. The second kappa shape index (κ2) is 10.6. The molecule has 3 aliphatic rings. The Morgan fingerprint density at radius 2 is 1.80 bits per heavy atom. The van der Waals surface area contributed by atoms with E-state index in [1.165, 1.54) is 19.3 Å². The highest BCUT2D eigenvalue weighted by molar-refractivity contribution is 7.93. The summed E-state index contributed by atoms with van der Waals surface area (Å²) >= 11 is 0. The molecule has 2 heterocycles. The maximum atomic E-state index is 13.2. The van der Waals surface area contributed by atoms with Gasteiger partial charge in [-0.3, -0.25) is 9.59 Å². The number of carbonyl (C=O) groups is 2. The zero-order valence-electron chi connectivity index (χ0n) is 19.0. The fraction of sp³-hybridized carbons (Fsp3) is 0.913. The van der Waals surface area contributed by atoms with Crippen LogP contribution in [0.2, 0.25) is 0 Å². The van der Waals surface area contributed by atoms with Gasteiger partial charge in [-0.25, -0.2) is 4.21 Å². The highest BCUT2D eigenvalue weighted by atomic mass is 32.2. The van der Waals surface area contributed by atoms with E-state index in [4.69, 9.17) is 4.74 Å². The van der Waals surface area contributed by atoms with Gasteiger partial charge in [0.2, 0.25) is 5.91 Å². The summed E-state index contributed by atoms with van der Waals surface area (Å²) in [4.78, 5) is 26.9. The van der Waals surface area contributed by atoms with E-state index in [1.54, 1.807) is 6.26 Å². The summed E-state index contributed by atoms with van der Waals surface area (Å²) in [6, 6.07) is 0. The van der Waals surface area contributed by atoms with Crippen molar-refractivity contribution in [3.05, 3.63) is 0 Å². The minimum absolute atomic E-state index is 0.102. The number of ether oxygens (including phenoxy) is 1. The van der Waals surface area contributed by atoms with Gasteiger partial charge in [0, 0.05) is 44.0 Å². The molecule has 30 heavy (non-hydrogen) atoms. The zero-order valence-corrected chi connectivity index (χ0v) is 19.8. The third kappa shape index (κ3) is 7.04. The number of nitrogens with zero attached hydrogens (tertiary/aromatic N) is 2. The number of likely N-dealkylation sites (tertiary alicyclic amines) is 1. The van der Waals surface area contributed by atoms with E-state index >= 15 is 0 Å². The second-order valence-corrected chi connectivity index (χ2v) is 12.6. The van der Waals surface area contributed by atoms with Crippen molar-refractivity contribution in [2.75, 3.05) is 26.0 Å². The Morgan fingerprint density at radius 1 is 1.10 bits per heavy atom. The lowest BCUT2D eigenvalue weighted by Gasteiger charge is -2.33. The summed E-state index contributed by atoms with van der Waals surface area (Å²) in [5.41, 5.74) is 0. The molecule has 0 aromatic carbocycles. The smallest absolute Gasteiger partial charge is 0.254 e. The van der Waals surface area contributed by atoms with Crippen LogP contribution in [0.4, 0.5) is 0 Å². The maximum Gasteiger partial charge on any atom is 0.254 e. The van der Waals surface area contributed by atoms with Crippen molar-refractivity contribution >= 4 is 21.5 Å². The van der Waals surface area contributed by atoms with Gasteiger partial charge in [0.1, 0.15) is 0 Å². The van der Waals surface area contributed by atoms with Crippen LogP contribution in [0.5, 0.6) is 0 Å². The van der Waals surface area contributed by atoms with E-state index in [9.17, 15) is 13.8 Å². The molecule has 1 saturated carbocycles. The van der Waals surface area contributed by atoms with Gasteiger partial charge >= 0.3 is 0 Å². The summed E-state index contributed by atoms with van der Waals surface area (Å²) in [6.07, 6.45) is 10.8. The molecule has 3 fully saturated rings. The van der Waals surface area contributed by atoms with Gasteiger partial charge in [0.15, 0.2) is 0 Å². The average molecular weight is 441 g/mol. The molecule has 3 unspecified atom stereocenters. The molecular weight excluding hydrogens is 400 g/mol. The van der Waals surface area contributed by atoms with E-state index in [1.807, 2.05) is 4.90 Å². The fourth-order valence-corrected chi connectivity index (χ4v) is 6.47. The van der Waals surface area contributed by atoms with Crippen LogP contribution in [0, 0.1) is 17.8 Å². The van der Waals surface area contributed by atoms with Crippen LogP contribution < -0.4 is 0 Å². The third-order valence-corrected chi connectivity index (χ3v) is 9.30. The first kappa shape index (κ1) is 23.7. The molecule has 1 aliphatic carbocycles. The Hall–Kier alpha value is -0.950. The molecule has 0 bridgehead atoms. The van der Waals surface area contributed by atoms with Crippen LogP contribution in [-0.4, -0.2) is 58.2 Å². The van der Waals surface area contributed by atoms with Crippen molar-refractivity contribution in [1.82, 2.24) is 4.90 Å². The largest absolute Gasteiger partial charge is 0.378 e. The van der Waals surface area contributed by atoms with E-state index in [-0.39, 0.29) is 29.1 Å². The van der Waals surface area contributed by atoms with Crippen LogP contribution in [-0.2, 0) is 24.1 Å². The predicted octanol–water partition coefficient (Wildman–Crippen LogP) is 4.02. The van der Waals surface area contributed by atoms with Gasteiger partial charge in [-0.2, -0.15) is 4.36 Å². The van der Waals surface area contributed by atoms with E-state index < -0.39 is 9.73 Å². The summed E-state index contributed by atoms with van der Waals surface area (Å²) in [5.74, 6) is 1.58. The van der Waals surface area contributed by atoms with Crippen LogP contribution in [0.25, 0.3) is 0 Å². The number of hydrogen-bond acceptors (Lipinski definition) is 4. The topological polar surface area (TPSA) is 76.0 Å². The minimum Gasteiger partial charge on any atom is -0.378 e.